The quantitative estimate of drug-likeness (QED) is 0.166. The highest BCUT2D eigenvalue weighted by Gasteiger charge is 2.14. The largest absolute Gasteiger partial charge is 0.378 e. The lowest BCUT2D eigenvalue weighted by Crippen LogP contribution is -2.11. The van der Waals surface area contributed by atoms with Crippen molar-refractivity contribution in [2.45, 2.75) is 20.4 Å². The highest BCUT2D eigenvalue weighted by molar-refractivity contribution is 8.26. The van der Waals surface area contributed by atoms with Crippen molar-refractivity contribution < 1.29 is 8.78 Å². The van der Waals surface area contributed by atoms with Crippen molar-refractivity contribution in [3.05, 3.63) is 94.8 Å². The van der Waals surface area contributed by atoms with Crippen LogP contribution in [-0.4, -0.2) is 20.2 Å². The molecule has 5 rings (SSSR count). The van der Waals surface area contributed by atoms with Gasteiger partial charge in [-0.25, -0.2) is 8.78 Å². The lowest BCUT2D eigenvalue weighted by molar-refractivity contribution is 0.585. The molecule has 0 aliphatic rings. The summed E-state index contributed by atoms with van der Waals surface area (Å²) in [6, 6.07) is 15.1. The summed E-state index contributed by atoms with van der Waals surface area (Å²) in [6.07, 6.45) is 1.68. The number of hydrogen-bond acceptors (Lipinski definition) is 3. The van der Waals surface area contributed by atoms with Gasteiger partial charge in [0.25, 0.3) is 0 Å². The summed E-state index contributed by atoms with van der Waals surface area (Å²) in [5, 5.41) is 10.9. The predicted octanol–water partition coefficient (Wildman–Crippen LogP) is 6.78. The Hall–Kier alpha value is -3.91. The molecule has 35 heavy (non-hydrogen) atoms. The van der Waals surface area contributed by atoms with Gasteiger partial charge in [-0.05, 0) is 73.1 Å². The Morgan fingerprint density at radius 3 is 2.57 bits per heavy atom. The number of nitrogens with one attached hydrogen (secondary N) is 3. The van der Waals surface area contributed by atoms with E-state index in [1.54, 1.807) is 18.3 Å². The van der Waals surface area contributed by atoms with Crippen LogP contribution in [0.15, 0.2) is 65.8 Å². The van der Waals surface area contributed by atoms with Crippen molar-refractivity contribution in [1.29, 1.82) is 5.41 Å². The highest BCUT2D eigenvalue weighted by atomic mass is 32.2. The van der Waals surface area contributed by atoms with Gasteiger partial charge in [0.2, 0.25) is 0 Å². The number of nitrogens with two attached hydrogens (primary N) is 1. The summed E-state index contributed by atoms with van der Waals surface area (Å²) < 4.78 is 27.7. The first-order valence-electron chi connectivity index (χ1n) is 11.0. The van der Waals surface area contributed by atoms with Crippen molar-refractivity contribution >= 4 is 43.8 Å². The number of aryl methyl sites for hydroxylation is 2. The zero-order chi connectivity index (χ0) is 24.7. The van der Waals surface area contributed by atoms with E-state index < -0.39 is 11.6 Å². The van der Waals surface area contributed by atoms with Crippen LogP contribution >= 0.6 is 11.8 Å². The highest BCUT2D eigenvalue weighted by Crippen LogP contribution is 2.32. The standard InChI is InChI=1S/C27H23F2N5S/c1-14-15(2)34-25-7-3-16(9-20(14)25)12-33-27(31)35-26(30)17-4-8-24-21(10-17)22(13-32-24)19-6-5-18(28)11-23(19)29/h3-11,13,30,32,34H,12H2,1-2H3,(H2,31,33). The molecule has 5 aromatic rings. The number of halogens is 2. The summed E-state index contributed by atoms with van der Waals surface area (Å²) in [5.74, 6) is -1.27. The predicted molar refractivity (Wildman–Crippen MR) is 141 cm³/mol. The van der Waals surface area contributed by atoms with Crippen LogP contribution in [0.25, 0.3) is 32.9 Å². The molecule has 0 fully saturated rings. The number of H-pyrrole nitrogens is 2. The summed E-state index contributed by atoms with van der Waals surface area (Å²) >= 11 is 1.07. The van der Waals surface area contributed by atoms with E-state index in [4.69, 9.17) is 11.1 Å². The second kappa shape index (κ2) is 9.03. The number of aromatic nitrogens is 2. The Kier molecular flexibility index (Phi) is 5.90. The molecular formula is C27H23F2N5S. The number of aliphatic imine (C=N–C) groups is 1. The Bertz CT molecular complexity index is 1630. The molecule has 0 saturated heterocycles. The summed E-state index contributed by atoms with van der Waals surface area (Å²) in [5.41, 5.74) is 12.9. The minimum absolute atomic E-state index is 0.229. The minimum atomic E-state index is -0.639. The van der Waals surface area contributed by atoms with E-state index in [-0.39, 0.29) is 10.2 Å². The maximum absolute atomic E-state index is 14.4. The first-order valence-corrected chi connectivity index (χ1v) is 11.8. The van der Waals surface area contributed by atoms with Gasteiger partial charge in [-0.3, -0.25) is 10.4 Å². The molecule has 0 aliphatic heterocycles. The molecule has 0 atom stereocenters. The third-order valence-electron chi connectivity index (χ3n) is 6.16. The van der Waals surface area contributed by atoms with E-state index in [1.807, 2.05) is 18.2 Å². The monoisotopic (exact) mass is 487 g/mol. The Balaban J connectivity index is 1.35. The second-order valence-electron chi connectivity index (χ2n) is 8.43. The van der Waals surface area contributed by atoms with E-state index >= 15 is 0 Å². The molecule has 0 spiro atoms. The SMILES string of the molecule is Cc1[nH]c2ccc(CN=C(N)SC(=N)c3ccc4[nH]cc(-c5ccc(F)cc5F)c4c3)cc2c1C. The third kappa shape index (κ3) is 4.44. The van der Waals surface area contributed by atoms with E-state index in [0.717, 1.165) is 45.5 Å². The number of amidine groups is 1. The molecule has 0 bridgehead atoms. The van der Waals surface area contributed by atoms with Crippen LogP contribution in [0, 0.1) is 30.9 Å². The van der Waals surface area contributed by atoms with Gasteiger partial charge in [0.05, 0.1) is 6.54 Å². The van der Waals surface area contributed by atoms with Crippen molar-refractivity contribution in [3.63, 3.8) is 0 Å². The van der Waals surface area contributed by atoms with E-state index in [0.29, 0.717) is 23.2 Å². The Morgan fingerprint density at radius 2 is 1.77 bits per heavy atom. The fourth-order valence-corrected chi connectivity index (χ4v) is 4.75. The molecular weight excluding hydrogens is 464 g/mol. The molecule has 0 amide bonds. The van der Waals surface area contributed by atoms with Gasteiger partial charge in [-0.1, -0.05) is 12.1 Å². The molecule has 0 unspecified atom stereocenters. The molecule has 5 N–H and O–H groups in total. The van der Waals surface area contributed by atoms with Crippen LogP contribution in [0.4, 0.5) is 8.78 Å². The number of thioether (sulfide) groups is 1. The molecule has 3 aromatic carbocycles. The lowest BCUT2D eigenvalue weighted by atomic mass is 10.0. The number of hydrogen-bond donors (Lipinski definition) is 4. The third-order valence-corrected chi connectivity index (χ3v) is 6.94. The normalized spacial score (nSPS) is 12.1. The van der Waals surface area contributed by atoms with Crippen LogP contribution in [0.1, 0.15) is 22.4 Å². The number of fused-ring (bicyclic) bond motifs is 2. The van der Waals surface area contributed by atoms with Crippen molar-refractivity contribution in [3.8, 4) is 11.1 Å². The van der Waals surface area contributed by atoms with Crippen LogP contribution < -0.4 is 5.73 Å². The minimum Gasteiger partial charge on any atom is -0.378 e. The molecule has 8 heteroatoms. The van der Waals surface area contributed by atoms with Gasteiger partial charge in [-0.2, -0.15) is 0 Å². The lowest BCUT2D eigenvalue weighted by Gasteiger charge is -2.06. The number of aromatic amines is 2. The van der Waals surface area contributed by atoms with E-state index in [9.17, 15) is 8.78 Å². The van der Waals surface area contributed by atoms with Crippen LogP contribution in [0.3, 0.4) is 0 Å². The van der Waals surface area contributed by atoms with Gasteiger partial charge in [0, 0.05) is 56.5 Å². The average Bonchev–Trinajstić information content (AvgIpc) is 3.37. The second-order valence-corrected chi connectivity index (χ2v) is 9.46. The van der Waals surface area contributed by atoms with Gasteiger partial charge >= 0.3 is 0 Å². The molecule has 176 valence electrons. The fraction of sp³-hybridized carbons (Fsp3) is 0.111. The van der Waals surface area contributed by atoms with E-state index in [1.165, 1.54) is 23.1 Å². The Morgan fingerprint density at radius 1 is 0.971 bits per heavy atom. The van der Waals surface area contributed by atoms with E-state index in [2.05, 4.69) is 34.9 Å². The first-order chi connectivity index (χ1) is 16.8. The maximum Gasteiger partial charge on any atom is 0.160 e. The molecule has 5 nitrogen and oxygen atoms in total. The number of rotatable bonds is 4. The maximum atomic E-state index is 14.4. The smallest absolute Gasteiger partial charge is 0.160 e. The van der Waals surface area contributed by atoms with Crippen LogP contribution in [0.5, 0.6) is 0 Å². The average molecular weight is 488 g/mol. The Labute approximate surface area is 205 Å². The fourth-order valence-electron chi connectivity index (χ4n) is 4.16. The molecule has 0 radical (unpaired) electrons. The van der Waals surface area contributed by atoms with Gasteiger partial charge in [0.15, 0.2) is 5.17 Å². The molecule has 0 saturated carbocycles. The molecule has 2 aromatic heterocycles. The van der Waals surface area contributed by atoms with Crippen molar-refractivity contribution in [2.75, 3.05) is 0 Å². The van der Waals surface area contributed by atoms with Gasteiger partial charge in [0.1, 0.15) is 16.7 Å². The summed E-state index contributed by atoms with van der Waals surface area (Å²) in [4.78, 5) is 10.9. The number of nitrogens with zero attached hydrogens (tertiary/aromatic N) is 1. The van der Waals surface area contributed by atoms with Crippen molar-refractivity contribution in [2.24, 2.45) is 10.7 Å². The molecule has 2 heterocycles. The zero-order valence-electron chi connectivity index (χ0n) is 19.2. The van der Waals surface area contributed by atoms with Gasteiger partial charge < -0.3 is 15.7 Å². The van der Waals surface area contributed by atoms with Crippen LogP contribution in [0.2, 0.25) is 0 Å². The summed E-state index contributed by atoms with van der Waals surface area (Å²) in [7, 11) is 0. The molecule has 0 aliphatic carbocycles. The summed E-state index contributed by atoms with van der Waals surface area (Å²) in [6.45, 7) is 4.55. The topological polar surface area (TPSA) is 93.8 Å². The van der Waals surface area contributed by atoms with Crippen LogP contribution in [-0.2, 0) is 6.54 Å². The van der Waals surface area contributed by atoms with Gasteiger partial charge in [-0.15, -0.1) is 0 Å². The zero-order valence-corrected chi connectivity index (χ0v) is 20.0. The first kappa shape index (κ1) is 22.9. The van der Waals surface area contributed by atoms with Crippen molar-refractivity contribution in [1.82, 2.24) is 9.97 Å². The number of benzene rings is 3.